The van der Waals surface area contributed by atoms with Gasteiger partial charge in [-0.2, -0.15) is 0 Å². The number of anilines is 1. The minimum absolute atomic E-state index is 0.285. The first-order valence-corrected chi connectivity index (χ1v) is 40.6. The van der Waals surface area contributed by atoms with Crippen LogP contribution in [-0.4, -0.2) is 83.1 Å². The van der Waals surface area contributed by atoms with Gasteiger partial charge in [-0.1, -0.05) is 68.5 Å². The molecule has 0 amide bonds. The van der Waals surface area contributed by atoms with Crippen molar-refractivity contribution in [1.82, 2.24) is 0 Å². The van der Waals surface area contributed by atoms with Gasteiger partial charge in [0.05, 0.1) is 27.0 Å². The van der Waals surface area contributed by atoms with Crippen molar-refractivity contribution in [1.29, 1.82) is 0 Å². The van der Waals surface area contributed by atoms with Crippen LogP contribution in [0.25, 0.3) is 28.0 Å². The molecule has 0 spiro atoms. The maximum atomic E-state index is 7.68. The van der Waals surface area contributed by atoms with Crippen molar-refractivity contribution in [2.24, 2.45) is 5.92 Å². The van der Waals surface area contributed by atoms with E-state index in [2.05, 4.69) is 164 Å². The van der Waals surface area contributed by atoms with Crippen molar-refractivity contribution in [3.05, 3.63) is 119 Å². The van der Waals surface area contributed by atoms with Crippen molar-refractivity contribution >= 4 is 64.6 Å². The quantitative estimate of drug-likeness (QED) is 0.0798. The minimum atomic E-state index is -2.97. The molecule has 8 rings (SSSR count). The summed E-state index contributed by atoms with van der Waals surface area (Å²) in [4.78, 5) is 2.55. The van der Waals surface area contributed by atoms with Crippen LogP contribution in [0.1, 0.15) is 54.5 Å². The Morgan fingerprint density at radius 3 is 1.79 bits per heavy atom. The number of hydrogen-bond acceptors (Lipinski definition) is 9. The van der Waals surface area contributed by atoms with Gasteiger partial charge in [0.25, 0.3) is 0 Å². The number of hydrogen-bond donors (Lipinski definition) is 0. The molecule has 9 nitrogen and oxygen atoms in total. The summed E-state index contributed by atoms with van der Waals surface area (Å²) in [5.41, 5.74) is 8.11. The van der Waals surface area contributed by atoms with Gasteiger partial charge >= 0.3 is 8.80 Å². The molecule has 1 fully saturated rings. The standard InChI is InChI=1S/C56H79NO8Si5/c1-55(2)49-22-18-17-21-45(49)52-47-36-50(57-33-19-20-40(38-57)39-61-69(15,16)34-35-70(63-66(6,7)8,64-67(9,10)11)65-68(12,13)14)51(60-5)37-48(47)54-46(53(52)55)31-32-56(62-54,41-23-27-43(58-3)28-24-41)42-25-29-44(59-4)30-26-42/h17-18,21-32,36-37,40H,19-20,33-35,38-39H2,1-16H3. The molecular formula is C56H79NO8Si5. The van der Waals surface area contributed by atoms with Crippen LogP contribution in [0.2, 0.25) is 84.1 Å². The van der Waals surface area contributed by atoms with Gasteiger partial charge < -0.3 is 40.6 Å². The summed E-state index contributed by atoms with van der Waals surface area (Å²) in [6, 6.07) is 31.8. The summed E-state index contributed by atoms with van der Waals surface area (Å²) >= 11 is 0. The highest BCUT2D eigenvalue weighted by Crippen LogP contribution is 2.59. The monoisotopic (exact) mass is 1030 g/mol. The molecule has 5 aromatic carbocycles. The fourth-order valence-corrected chi connectivity index (χ4v) is 29.4. The van der Waals surface area contributed by atoms with E-state index in [1.54, 1.807) is 21.3 Å². The Morgan fingerprint density at radius 1 is 0.671 bits per heavy atom. The molecule has 1 saturated heterocycles. The van der Waals surface area contributed by atoms with Crippen molar-refractivity contribution in [3.63, 3.8) is 0 Å². The van der Waals surface area contributed by atoms with E-state index < -0.39 is 47.7 Å². The third-order valence-electron chi connectivity index (χ3n) is 13.9. The van der Waals surface area contributed by atoms with E-state index in [9.17, 15) is 0 Å². The topological polar surface area (TPSA) is 77.1 Å². The molecule has 0 aromatic heterocycles. The number of methoxy groups -OCH3 is 3. The molecule has 1 aliphatic carbocycles. The number of benzene rings is 5. The first kappa shape index (κ1) is 52.4. The average molecular weight is 1030 g/mol. The lowest BCUT2D eigenvalue weighted by Gasteiger charge is -2.43. The second-order valence-corrected chi connectivity index (χ2v) is 45.0. The normalized spacial score (nSPS) is 17.7. The van der Waals surface area contributed by atoms with Crippen molar-refractivity contribution in [2.45, 2.75) is 122 Å². The summed E-state index contributed by atoms with van der Waals surface area (Å²) in [6.45, 7) is 32.4. The van der Waals surface area contributed by atoms with Gasteiger partial charge in [-0.3, -0.25) is 0 Å². The fourth-order valence-electron chi connectivity index (χ4n) is 10.9. The maximum absolute atomic E-state index is 7.68. The highest BCUT2D eigenvalue weighted by atomic mass is 28.5. The zero-order valence-corrected chi connectivity index (χ0v) is 50.0. The van der Waals surface area contributed by atoms with Crippen LogP contribution in [0.3, 0.4) is 0 Å². The third-order valence-corrected chi connectivity index (χ3v) is 28.7. The average Bonchev–Trinajstić information content (AvgIpc) is 3.54. The SMILES string of the molecule is COc1ccc(C2(c3ccc(OC)cc3)C=Cc3c4c(c5cc(N6CCCC(CO[Si](C)(C)CC[Si](O[Si](C)(C)C)(O[Si](C)(C)C)O[Si](C)(C)C)C6)c(OC)cc5c3O2)-c2ccccc2C4(C)C)cc1. The van der Waals surface area contributed by atoms with Crippen molar-refractivity contribution in [3.8, 4) is 34.1 Å². The Labute approximate surface area is 424 Å². The molecular weight excluding hydrogens is 955 g/mol. The lowest BCUT2D eigenvalue weighted by atomic mass is 9.76. The molecule has 0 saturated carbocycles. The Bertz CT molecular complexity index is 2630. The van der Waals surface area contributed by atoms with Crippen LogP contribution in [0.5, 0.6) is 23.0 Å². The summed E-state index contributed by atoms with van der Waals surface area (Å²) < 4.78 is 53.7. The molecule has 1 atom stereocenters. The maximum Gasteiger partial charge on any atom is 0.469 e. The zero-order chi connectivity index (χ0) is 50.7. The Kier molecular flexibility index (Phi) is 14.6. The van der Waals surface area contributed by atoms with Crippen LogP contribution in [0, 0.1) is 5.92 Å². The molecule has 1 unspecified atom stereocenters. The predicted molar refractivity (Wildman–Crippen MR) is 302 cm³/mol. The van der Waals surface area contributed by atoms with E-state index in [4.69, 9.17) is 35.7 Å². The first-order chi connectivity index (χ1) is 32.8. The fraction of sp³-hybridized carbons (Fsp3) is 0.464. The summed E-state index contributed by atoms with van der Waals surface area (Å²) in [7, 11) is -5.87. The van der Waals surface area contributed by atoms with E-state index in [-0.39, 0.29) is 5.41 Å². The second-order valence-electron chi connectivity index (χ2n) is 23.7. The molecule has 0 N–H and O–H groups in total. The zero-order valence-electron chi connectivity index (χ0n) is 45.0. The largest absolute Gasteiger partial charge is 0.497 e. The molecule has 0 radical (unpaired) electrons. The van der Waals surface area contributed by atoms with E-state index in [1.165, 1.54) is 22.3 Å². The van der Waals surface area contributed by atoms with Crippen LogP contribution in [0.15, 0.2) is 91.0 Å². The van der Waals surface area contributed by atoms with Crippen LogP contribution < -0.4 is 23.8 Å². The first-order valence-electron chi connectivity index (χ1n) is 25.3. The molecule has 3 aliphatic rings. The van der Waals surface area contributed by atoms with Gasteiger partial charge in [0.1, 0.15) is 23.0 Å². The van der Waals surface area contributed by atoms with Crippen molar-refractivity contribution in [2.75, 3.05) is 45.9 Å². The Hall–Kier alpha value is -3.98. The minimum Gasteiger partial charge on any atom is -0.497 e. The molecule has 70 heavy (non-hydrogen) atoms. The molecule has 2 aliphatic heterocycles. The van der Waals surface area contributed by atoms with Crippen LogP contribution in [-0.2, 0) is 27.8 Å². The second kappa shape index (κ2) is 19.5. The molecule has 2 heterocycles. The number of piperidine rings is 1. The summed E-state index contributed by atoms with van der Waals surface area (Å²) in [6.07, 6.45) is 6.73. The third kappa shape index (κ3) is 10.9. The number of ether oxygens (including phenoxy) is 4. The highest BCUT2D eigenvalue weighted by Gasteiger charge is 2.51. The molecule has 5 aromatic rings. The van der Waals surface area contributed by atoms with E-state index in [0.717, 1.165) is 101 Å². The van der Waals surface area contributed by atoms with E-state index >= 15 is 0 Å². The highest BCUT2D eigenvalue weighted by molar-refractivity contribution is 6.90. The van der Waals surface area contributed by atoms with Gasteiger partial charge in [-0.15, -0.1) is 0 Å². The van der Waals surface area contributed by atoms with Gasteiger partial charge in [-0.25, -0.2) is 0 Å². The summed E-state index contributed by atoms with van der Waals surface area (Å²) in [5.74, 6) is 3.63. The van der Waals surface area contributed by atoms with E-state index in [1.807, 2.05) is 24.3 Å². The summed E-state index contributed by atoms with van der Waals surface area (Å²) in [5, 5.41) is 2.19. The number of nitrogens with zero attached hydrogens (tertiary/aromatic N) is 1. The molecule has 376 valence electrons. The van der Waals surface area contributed by atoms with E-state index in [0.29, 0.717) is 5.92 Å². The Morgan fingerprint density at radius 2 is 1.24 bits per heavy atom. The predicted octanol–water partition coefficient (Wildman–Crippen LogP) is 14.5. The van der Waals surface area contributed by atoms with Gasteiger partial charge in [0.15, 0.2) is 38.9 Å². The molecule has 0 bridgehead atoms. The smallest absolute Gasteiger partial charge is 0.469 e. The molecule has 14 heteroatoms. The van der Waals surface area contributed by atoms with Crippen LogP contribution >= 0.6 is 0 Å². The van der Waals surface area contributed by atoms with Gasteiger partial charge in [0.2, 0.25) is 0 Å². The van der Waals surface area contributed by atoms with Crippen LogP contribution in [0.4, 0.5) is 5.69 Å². The number of fused-ring (bicyclic) bond motifs is 8. The van der Waals surface area contributed by atoms with Gasteiger partial charge in [0, 0.05) is 53.2 Å². The Balaban J connectivity index is 1.16. The lowest BCUT2D eigenvalue weighted by Crippen LogP contribution is -2.61. The number of rotatable bonds is 18. The van der Waals surface area contributed by atoms with Crippen molar-refractivity contribution < 1.29 is 35.7 Å². The lowest BCUT2D eigenvalue weighted by molar-refractivity contribution is 0.163. The van der Waals surface area contributed by atoms with Gasteiger partial charge in [-0.05, 0) is 167 Å².